The summed E-state index contributed by atoms with van der Waals surface area (Å²) < 4.78 is 0. The van der Waals surface area contributed by atoms with E-state index in [1.54, 1.807) is 13.2 Å². The summed E-state index contributed by atoms with van der Waals surface area (Å²) >= 11 is 0. The van der Waals surface area contributed by atoms with Crippen molar-refractivity contribution in [3.8, 4) is 0 Å². The van der Waals surface area contributed by atoms with Gasteiger partial charge in [0.15, 0.2) is 5.69 Å². The highest BCUT2D eigenvalue weighted by molar-refractivity contribution is 5.97. The molecule has 1 aromatic heterocycles. The van der Waals surface area contributed by atoms with Crippen molar-refractivity contribution in [1.82, 2.24) is 15.3 Å². The van der Waals surface area contributed by atoms with Crippen LogP contribution in [0.25, 0.3) is 0 Å². The molecule has 0 aliphatic heterocycles. The molecule has 0 aromatic carbocycles. The number of nitrogens with one attached hydrogen (secondary N) is 2. The van der Waals surface area contributed by atoms with Crippen LogP contribution in [0.15, 0.2) is 6.20 Å². The van der Waals surface area contributed by atoms with Gasteiger partial charge in [0.2, 0.25) is 0 Å². The molecule has 5 heteroatoms. The average molecular weight is 276 g/mol. The largest absolute Gasteiger partial charge is 0.385 e. The van der Waals surface area contributed by atoms with Crippen LogP contribution < -0.4 is 10.6 Å². The molecule has 1 unspecified atom stereocenters. The molecule has 1 atom stereocenters. The van der Waals surface area contributed by atoms with Gasteiger partial charge in [-0.2, -0.15) is 0 Å². The number of anilines is 1. The molecular weight excluding hydrogens is 252 g/mol. The fraction of sp³-hybridized carbons (Fsp3) is 0.667. The van der Waals surface area contributed by atoms with E-state index in [1.807, 2.05) is 13.8 Å². The molecule has 0 spiro atoms. The second-order valence-electron chi connectivity index (χ2n) is 5.92. The van der Waals surface area contributed by atoms with E-state index in [2.05, 4.69) is 27.5 Å². The quantitative estimate of drug-likeness (QED) is 0.837. The first-order chi connectivity index (χ1) is 9.52. The fourth-order valence-corrected chi connectivity index (χ4v) is 2.20. The summed E-state index contributed by atoms with van der Waals surface area (Å²) in [6.45, 7) is 6.95. The van der Waals surface area contributed by atoms with E-state index >= 15 is 0 Å². The summed E-state index contributed by atoms with van der Waals surface area (Å²) in [6.07, 6.45) is 4.27. The number of carbonyl (C=O) groups is 1. The molecule has 1 saturated carbocycles. The molecule has 0 saturated heterocycles. The maximum Gasteiger partial charge on any atom is 0.272 e. The van der Waals surface area contributed by atoms with Crippen LogP contribution in [-0.2, 0) is 0 Å². The van der Waals surface area contributed by atoms with Crippen molar-refractivity contribution < 1.29 is 4.79 Å². The standard InChI is InChI=1S/C15H24N4O/c1-9(2)14-17-8-12(16-4)13(19-14)15(20)18-7-10(3)11-5-6-11/h8-11,16H,5-7H2,1-4H3,(H,18,20). The van der Waals surface area contributed by atoms with Crippen molar-refractivity contribution in [2.75, 3.05) is 18.9 Å². The predicted octanol–water partition coefficient (Wildman–Crippen LogP) is 2.42. The molecule has 1 aliphatic rings. The van der Waals surface area contributed by atoms with Gasteiger partial charge in [-0.15, -0.1) is 0 Å². The van der Waals surface area contributed by atoms with Crippen LogP contribution in [0.5, 0.6) is 0 Å². The topological polar surface area (TPSA) is 66.9 Å². The van der Waals surface area contributed by atoms with Gasteiger partial charge in [0, 0.05) is 19.5 Å². The Morgan fingerprint density at radius 2 is 2.10 bits per heavy atom. The van der Waals surface area contributed by atoms with Crippen LogP contribution in [-0.4, -0.2) is 29.5 Å². The number of amides is 1. The van der Waals surface area contributed by atoms with Gasteiger partial charge < -0.3 is 10.6 Å². The zero-order valence-electron chi connectivity index (χ0n) is 12.7. The van der Waals surface area contributed by atoms with Crippen molar-refractivity contribution in [2.45, 2.75) is 39.5 Å². The lowest BCUT2D eigenvalue weighted by Crippen LogP contribution is -2.30. The smallest absolute Gasteiger partial charge is 0.272 e. The molecule has 0 bridgehead atoms. The monoisotopic (exact) mass is 276 g/mol. The van der Waals surface area contributed by atoms with Crippen LogP contribution in [0.3, 0.4) is 0 Å². The lowest BCUT2D eigenvalue weighted by molar-refractivity contribution is 0.0942. The van der Waals surface area contributed by atoms with Crippen LogP contribution in [0.4, 0.5) is 5.69 Å². The molecule has 1 heterocycles. The van der Waals surface area contributed by atoms with Crippen molar-refractivity contribution in [2.24, 2.45) is 11.8 Å². The molecule has 1 aliphatic carbocycles. The zero-order chi connectivity index (χ0) is 14.7. The Bertz CT molecular complexity index is 483. The molecule has 0 radical (unpaired) electrons. The maximum absolute atomic E-state index is 12.3. The van der Waals surface area contributed by atoms with Gasteiger partial charge in [0.1, 0.15) is 5.82 Å². The summed E-state index contributed by atoms with van der Waals surface area (Å²) in [5.41, 5.74) is 1.11. The first-order valence-electron chi connectivity index (χ1n) is 7.35. The molecule has 1 amide bonds. The van der Waals surface area contributed by atoms with Gasteiger partial charge in [0.25, 0.3) is 5.91 Å². The maximum atomic E-state index is 12.3. The molecule has 5 nitrogen and oxygen atoms in total. The summed E-state index contributed by atoms with van der Waals surface area (Å²) in [5.74, 6) is 2.12. The number of hydrogen-bond acceptors (Lipinski definition) is 4. The van der Waals surface area contributed by atoms with Crippen molar-refractivity contribution in [3.05, 3.63) is 17.7 Å². The summed E-state index contributed by atoms with van der Waals surface area (Å²) in [5, 5.41) is 5.97. The van der Waals surface area contributed by atoms with E-state index in [9.17, 15) is 4.79 Å². The highest BCUT2D eigenvalue weighted by Gasteiger charge is 2.28. The minimum atomic E-state index is -0.119. The minimum Gasteiger partial charge on any atom is -0.385 e. The zero-order valence-corrected chi connectivity index (χ0v) is 12.7. The lowest BCUT2D eigenvalue weighted by atomic mass is 10.1. The van der Waals surface area contributed by atoms with E-state index in [1.165, 1.54) is 12.8 Å². The van der Waals surface area contributed by atoms with E-state index in [-0.39, 0.29) is 11.8 Å². The molecular formula is C15H24N4O. The third-order valence-corrected chi connectivity index (χ3v) is 3.82. The molecule has 1 aromatic rings. The van der Waals surface area contributed by atoms with Gasteiger partial charge in [-0.3, -0.25) is 4.79 Å². The number of carbonyl (C=O) groups excluding carboxylic acids is 1. The molecule has 2 N–H and O–H groups in total. The Morgan fingerprint density at radius 1 is 1.40 bits per heavy atom. The highest BCUT2D eigenvalue weighted by atomic mass is 16.1. The minimum absolute atomic E-state index is 0.119. The Kier molecular flexibility index (Phi) is 4.57. The van der Waals surface area contributed by atoms with Gasteiger partial charge in [0.05, 0.1) is 11.9 Å². The SMILES string of the molecule is CNc1cnc(C(C)C)nc1C(=O)NCC(C)C1CC1. The normalized spacial score (nSPS) is 16.1. The first kappa shape index (κ1) is 14.8. The number of rotatable bonds is 6. The van der Waals surface area contributed by atoms with E-state index in [0.29, 0.717) is 29.7 Å². The number of hydrogen-bond donors (Lipinski definition) is 2. The van der Waals surface area contributed by atoms with Gasteiger partial charge in [-0.1, -0.05) is 20.8 Å². The van der Waals surface area contributed by atoms with Gasteiger partial charge in [-0.25, -0.2) is 9.97 Å². The first-order valence-corrected chi connectivity index (χ1v) is 7.35. The second-order valence-corrected chi connectivity index (χ2v) is 5.92. The van der Waals surface area contributed by atoms with Crippen molar-refractivity contribution in [1.29, 1.82) is 0 Å². The third-order valence-electron chi connectivity index (χ3n) is 3.82. The van der Waals surface area contributed by atoms with Crippen molar-refractivity contribution >= 4 is 11.6 Å². The lowest BCUT2D eigenvalue weighted by Gasteiger charge is -2.14. The summed E-state index contributed by atoms with van der Waals surface area (Å²) in [6, 6.07) is 0. The second kappa shape index (κ2) is 6.20. The Morgan fingerprint density at radius 3 is 2.65 bits per heavy atom. The Balaban J connectivity index is 2.08. The number of nitrogens with zero attached hydrogens (tertiary/aromatic N) is 2. The van der Waals surface area contributed by atoms with Gasteiger partial charge >= 0.3 is 0 Å². The fourth-order valence-electron chi connectivity index (χ4n) is 2.20. The van der Waals surface area contributed by atoms with Crippen LogP contribution in [0.1, 0.15) is 55.8 Å². The molecule has 110 valence electrons. The average Bonchev–Trinajstić information content (AvgIpc) is 3.28. The van der Waals surface area contributed by atoms with Gasteiger partial charge in [-0.05, 0) is 24.7 Å². The van der Waals surface area contributed by atoms with E-state index in [4.69, 9.17) is 0 Å². The Labute approximate surface area is 120 Å². The molecule has 20 heavy (non-hydrogen) atoms. The van der Waals surface area contributed by atoms with E-state index < -0.39 is 0 Å². The van der Waals surface area contributed by atoms with Crippen molar-refractivity contribution in [3.63, 3.8) is 0 Å². The van der Waals surface area contributed by atoms with Crippen LogP contribution in [0, 0.1) is 11.8 Å². The van der Waals surface area contributed by atoms with Crippen LogP contribution in [0.2, 0.25) is 0 Å². The summed E-state index contributed by atoms with van der Waals surface area (Å²) in [4.78, 5) is 21.0. The summed E-state index contributed by atoms with van der Waals surface area (Å²) in [7, 11) is 1.78. The number of aromatic nitrogens is 2. The Hall–Kier alpha value is -1.65. The van der Waals surface area contributed by atoms with Crippen LogP contribution >= 0.6 is 0 Å². The molecule has 1 fully saturated rings. The third kappa shape index (κ3) is 3.46. The van der Waals surface area contributed by atoms with E-state index in [0.717, 1.165) is 5.92 Å². The molecule has 2 rings (SSSR count). The predicted molar refractivity (Wildman–Crippen MR) is 79.9 cm³/mol. The highest BCUT2D eigenvalue weighted by Crippen LogP contribution is 2.36.